The van der Waals surface area contributed by atoms with Crippen molar-refractivity contribution in [3.05, 3.63) is 11.9 Å². The molecule has 0 bridgehead atoms. The molecule has 4 N–H and O–H groups in total. The Hall–Kier alpha value is -2.20. The molecule has 0 spiro atoms. The predicted molar refractivity (Wildman–Crippen MR) is 102 cm³/mol. The molecule has 28 heavy (non-hydrogen) atoms. The number of hydrogen-bond donors (Lipinski definition) is 4. The molecule has 2 heterocycles. The fourth-order valence-corrected chi connectivity index (χ4v) is 3.80. The van der Waals surface area contributed by atoms with Crippen molar-refractivity contribution in [2.24, 2.45) is 13.0 Å². The summed E-state index contributed by atoms with van der Waals surface area (Å²) in [4.78, 5) is 25.5. The van der Waals surface area contributed by atoms with E-state index in [1.54, 1.807) is 13.2 Å². The second-order valence-corrected chi connectivity index (χ2v) is 7.81. The minimum atomic E-state index is -0.327. The number of alkyl carbamates (subject to hydrolysis) is 1. The van der Waals surface area contributed by atoms with Crippen molar-refractivity contribution in [2.75, 3.05) is 0 Å². The lowest BCUT2D eigenvalue weighted by molar-refractivity contribution is -0.121. The largest absolute Gasteiger partial charge is 0.446 e. The summed E-state index contributed by atoms with van der Waals surface area (Å²) in [6.45, 7) is 3.99. The molecule has 1 aromatic heterocycles. The highest BCUT2D eigenvalue weighted by atomic mass is 16.6. The molecule has 10 nitrogen and oxygen atoms in total. The van der Waals surface area contributed by atoms with Crippen LogP contribution in [0.2, 0.25) is 0 Å². The monoisotopic (exact) mass is 393 g/mol. The standard InChI is InChI=1S/C18H31N7O3/c1-4-11(2)20-18(27)28-14-6-5-12(7-14)15-9-16(23-22-15)21-17(26)8-13-10-19-25(3)24-13/h10-12,14-16,22-23H,4-9H2,1-3H3,(H,20,27)(H,21,26)/t11-,12-,14+,15?,16?/m0/s1. The summed E-state index contributed by atoms with van der Waals surface area (Å²) in [5.41, 5.74) is 7.08. The van der Waals surface area contributed by atoms with E-state index in [1.807, 2.05) is 13.8 Å². The van der Waals surface area contributed by atoms with Gasteiger partial charge in [-0.2, -0.15) is 15.0 Å². The highest BCUT2D eigenvalue weighted by Gasteiger charge is 2.37. The molecule has 0 radical (unpaired) electrons. The molecule has 1 saturated carbocycles. The van der Waals surface area contributed by atoms with Crippen molar-refractivity contribution in [3.8, 4) is 0 Å². The summed E-state index contributed by atoms with van der Waals surface area (Å²) in [5, 5.41) is 13.9. The van der Waals surface area contributed by atoms with Gasteiger partial charge in [-0.05, 0) is 44.9 Å². The van der Waals surface area contributed by atoms with E-state index < -0.39 is 0 Å². The van der Waals surface area contributed by atoms with Crippen LogP contribution in [0.25, 0.3) is 0 Å². The number of amides is 2. The van der Waals surface area contributed by atoms with E-state index >= 15 is 0 Å². The normalized spacial score (nSPS) is 28.1. The maximum Gasteiger partial charge on any atom is 0.407 e. The van der Waals surface area contributed by atoms with Gasteiger partial charge in [0.15, 0.2) is 0 Å². The number of aryl methyl sites for hydroxylation is 1. The average molecular weight is 393 g/mol. The van der Waals surface area contributed by atoms with E-state index in [-0.39, 0.29) is 42.8 Å². The van der Waals surface area contributed by atoms with Gasteiger partial charge in [-0.15, -0.1) is 0 Å². The van der Waals surface area contributed by atoms with Gasteiger partial charge in [-0.1, -0.05) is 6.92 Å². The summed E-state index contributed by atoms with van der Waals surface area (Å²) >= 11 is 0. The Balaban J connectivity index is 1.38. The summed E-state index contributed by atoms with van der Waals surface area (Å²) in [6.07, 6.45) is 5.71. The van der Waals surface area contributed by atoms with Crippen LogP contribution in [0.1, 0.15) is 51.6 Å². The van der Waals surface area contributed by atoms with Gasteiger partial charge >= 0.3 is 6.09 Å². The number of hydrazine groups is 1. The number of rotatable bonds is 7. The Kier molecular flexibility index (Phi) is 6.84. The Morgan fingerprint density at radius 3 is 2.89 bits per heavy atom. The van der Waals surface area contributed by atoms with Crippen LogP contribution < -0.4 is 21.5 Å². The van der Waals surface area contributed by atoms with Crippen LogP contribution in [0.3, 0.4) is 0 Å². The zero-order valence-electron chi connectivity index (χ0n) is 16.8. The molecule has 2 amide bonds. The van der Waals surface area contributed by atoms with Crippen LogP contribution in [0.15, 0.2) is 6.20 Å². The molecule has 2 aliphatic rings. The van der Waals surface area contributed by atoms with Crippen LogP contribution in [-0.4, -0.2) is 51.3 Å². The fraction of sp³-hybridized carbons (Fsp3) is 0.778. The zero-order valence-corrected chi connectivity index (χ0v) is 16.8. The number of nitrogens with zero attached hydrogens (tertiary/aromatic N) is 3. The first-order valence-corrected chi connectivity index (χ1v) is 10.1. The quantitative estimate of drug-likeness (QED) is 0.527. The van der Waals surface area contributed by atoms with Crippen molar-refractivity contribution in [2.45, 2.75) is 76.7 Å². The van der Waals surface area contributed by atoms with Crippen molar-refractivity contribution < 1.29 is 14.3 Å². The lowest BCUT2D eigenvalue weighted by Gasteiger charge is -2.19. The lowest BCUT2D eigenvalue weighted by atomic mass is 9.96. The molecule has 156 valence electrons. The van der Waals surface area contributed by atoms with Gasteiger partial charge in [-0.25, -0.2) is 10.2 Å². The molecular formula is C18H31N7O3. The summed E-state index contributed by atoms with van der Waals surface area (Å²) < 4.78 is 5.55. The van der Waals surface area contributed by atoms with Crippen molar-refractivity contribution >= 4 is 12.0 Å². The lowest BCUT2D eigenvalue weighted by Crippen LogP contribution is -2.45. The highest BCUT2D eigenvalue weighted by Crippen LogP contribution is 2.32. The van der Waals surface area contributed by atoms with Crippen molar-refractivity contribution in [1.82, 2.24) is 36.5 Å². The Morgan fingerprint density at radius 1 is 1.36 bits per heavy atom. The van der Waals surface area contributed by atoms with Gasteiger partial charge in [0.2, 0.25) is 5.91 Å². The van der Waals surface area contributed by atoms with E-state index in [0.717, 1.165) is 32.1 Å². The van der Waals surface area contributed by atoms with E-state index in [9.17, 15) is 9.59 Å². The first-order chi connectivity index (χ1) is 13.4. The average Bonchev–Trinajstić information content (AvgIpc) is 3.36. The van der Waals surface area contributed by atoms with E-state index in [2.05, 4.69) is 31.7 Å². The van der Waals surface area contributed by atoms with Gasteiger partial charge < -0.3 is 15.4 Å². The Morgan fingerprint density at radius 2 is 2.18 bits per heavy atom. The summed E-state index contributed by atoms with van der Waals surface area (Å²) in [6, 6.07) is 0.365. The third-order valence-corrected chi connectivity index (χ3v) is 5.50. The van der Waals surface area contributed by atoms with Crippen LogP contribution in [0.5, 0.6) is 0 Å². The minimum Gasteiger partial charge on any atom is -0.446 e. The Labute approximate surface area is 165 Å². The van der Waals surface area contributed by atoms with Crippen LogP contribution in [0.4, 0.5) is 4.79 Å². The number of carbonyl (C=O) groups excluding carboxylic acids is 2. The number of carbonyl (C=O) groups is 2. The number of aromatic nitrogens is 3. The first kappa shape index (κ1) is 20.5. The Bertz CT molecular complexity index is 680. The molecule has 1 aliphatic carbocycles. The highest BCUT2D eigenvalue weighted by molar-refractivity contribution is 5.78. The van der Waals surface area contributed by atoms with E-state index in [1.165, 1.54) is 4.80 Å². The van der Waals surface area contributed by atoms with E-state index in [4.69, 9.17) is 4.74 Å². The first-order valence-electron chi connectivity index (χ1n) is 10.1. The fourth-order valence-electron chi connectivity index (χ4n) is 3.80. The molecule has 2 fully saturated rings. The maximum absolute atomic E-state index is 12.2. The number of hydrogen-bond acceptors (Lipinski definition) is 7. The third kappa shape index (κ3) is 5.65. The van der Waals surface area contributed by atoms with Crippen LogP contribution >= 0.6 is 0 Å². The molecular weight excluding hydrogens is 362 g/mol. The van der Waals surface area contributed by atoms with Gasteiger partial charge in [0, 0.05) is 19.1 Å². The predicted octanol–water partition coefficient (Wildman–Crippen LogP) is 0.360. The molecule has 1 aliphatic heterocycles. The molecule has 5 atom stereocenters. The smallest absolute Gasteiger partial charge is 0.407 e. The molecule has 0 aromatic carbocycles. The summed E-state index contributed by atoms with van der Waals surface area (Å²) in [5.74, 6) is 0.325. The molecule has 3 rings (SSSR count). The third-order valence-electron chi connectivity index (χ3n) is 5.50. The van der Waals surface area contributed by atoms with Gasteiger partial charge in [0.05, 0.1) is 24.5 Å². The number of ether oxygens (including phenoxy) is 1. The van der Waals surface area contributed by atoms with Gasteiger partial charge in [0.1, 0.15) is 6.10 Å². The van der Waals surface area contributed by atoms with Crippen LogP contribution in [-0.2, 0) is 23.0 Å². The van der Waals surface area contributed by atoms with Crippen LogP contribution in [0, 0.1) is 5.92 Å². The second-order valence-electron chi connectivity index (χ2n) is 7.81. The maximum atomic E-state index is 12.2. The zero-order chi connectivity index (χ0) is 20.1. The van der Waals surface area contributed by atoms with Crippen molar-refractivity contribution in [1.29, 1.82) is 0 Å². The SMILES string of the molecule is CC[C@H](C)NC(=O)O[C@@H]1CC[C@H](C2CC(NC(=O)Cc3cnn(C)n3)NN2)C1. The molecule has 2 unspecified atom stereocenters. The minimum absolute atomic E-state index is 0.0406. The van der Waals surface area contributed by atoms with E-state index in [0.29, 0.717) is 11.6 Å². The molecule has 10 heteroatoms. The second kappa shape index (κ2) is 9.33. The molecule has 1 saturated heterocycles. The molecule has 1 aromatic rings. The van der Waals surface area contributed by atoms with Gasteiger partial charge in [-0.3, -0.25) is 10.2 Å². The summed E-state index contributed by atoms with van der Waals surface area (Å²) in [7, 11) is 1.72. The van der Waals surface area contributed by atoms with Crippen molar-refractivity contribution in [3.63, 3.8) is 0 Å². The topological polar surface area (TPSA) is 122 Å². The number of nitrogens with one attached hydrogen (secondary N) is 4. The van der Waals surface area contributed by atoms with Gasteiger partial charge in [0.25, 0.3) is 0 Å².